The van der Waals surface area contributed by atoms with Gasteiger partial charge in [0.15, 0.2) is 0 Å². The third kappa shape index (κ3) is 2.42. The van der Waals surface area contributed by atoms with Crippen molar-refractivity contribution in [2.75, 3.05) is 18.5 Å². The molecule has 1 fully saturated rings. The van der Waals surface area contributed by atoms with Crippen molar-refractivity contribution >= 4 is 5.95 Å². The van der Waals surface area contributed by atoms with Crippen LogP contribution in [0.4, 0.5) is 5.95 Å². The van der Waals surface area contributed by atoms with Gasteiger partial charge in [-0.1, -0.05) is 0 Å². The summed E-state index contributed by atoms with van der Waals surface area (Å²) in [5.41, 5.74) is 0.790. The van der Waals surface area contributed by atoms with E-state index in [0.29, 0.717) is 5.95 Å². The lowest BCUT2D eigenvalue weighted by Crippen LogP contribution is -2.19. The van der Waals surface area contributed by atoms with E-state index in [4.69, 9.17) is 6.11 Å². The van der Waals surface area contributed by atoms with Crippen molar-refractivity contribution in [3.63, 3.8) is 0 Å². The molecule has 0 amide bonds. The van der Waals surface area contributed by atoms with Gasteiger partial charge in [0.1, 0.15) is 0 Å². The molecule has 1 saturated heterocycles. The van der Waals surface area contributed by atoms with Crippen molar-refractivity contribution in [2.45, 2.75) is 25.9 Å². The molecule has 1 aliphatic heterocycles. The van der Waals surface area contributed by atoms with Crippen LogP contribution in [0.1, 0.15) is 19.8 Å². The Morgan fingerprint density at radius 1 is 1.71 bits per heavy atom. The molecule has 14 heavy (non-hydrogen) atoms. The maximum atomic E-state index is 7.53. The number of hydrogen-bond donors (Lipinski definition) is 1. The molecule has 4 heteroatoms. The Labute approximate surface area is 85.1 Å². The zero-order valence-electron chi connectivity index (χ0n) is 9.29. The molecule has 76 valence electrons. The molecule has 1 N–H and O–H groups in total. The Kier molecular flexibility index (Phi) is 2.55. The van der Waals surface area contributed by atoms with Gasteiger partial charge in [-0.25, -0.2) is 9.97 Å². The first-order valence-corrected chi connectivity index (χ1v) is 4.91. The fraction of sp³-hybridized carbons (Fsp3) is 0.600. The molecule has 4 nitrogen and oxygen atoms in total. The smallest absolute Gasteiger partial charge is 0.222 e. The van der Waals surface area contributed by atoms with Crippen molar-refractivity contribution in [1.29, 1.82) is 0 Å². The Bertz CT molecular complexity index is 339. The lowest BCUT2D eigenvalue weighted by molar-refractivity contribution is 0.120. The van der Waals surface area contributed by atoms with Crippen LogP contribution in [0.15, 0.2) is 12.4 Å². The van der Waals surface area contributed by atoms with E-state index in [1.165, 1.54) is 0 Å². The van der Waals surface area contributed by atoms with Crippen LogP contribution in [0.2, 0.25) is 0 Å². The number of ether oxygens (including phenoxy) is 1. The summed E-state index contributed by atoms with van der Waals surface area (Å²) in [6.45, 7) is 3.40. The standard InChI is InChI=1S/C10H15N3O/c1-8-5-11-10(12-6-8)13-7-9-3-2-4-14-9/h5-6,9H,2-4,7H2,1H3,(H,11,12,13)/i5D. The highest BCUT2D eigenvalue weighted by atomic mass is 16.5. The summed E-state index contributed by atoms with van der Waals surface area (Å²) in [4.78, 5) is 8.12. The zero-order valence-corrected chi connectivity index (χ0v) is 8.29. The van der Waals surface area contributed by atoms with E-state index in [-0.39, 0.29) is 12.3 Å². The van der Waals surface area contributed by atoms with Gasteiger partial charge in [-0.3, -0.25) is 0 Å². The molecule has 1 unspecified atom stereocenters. The molecule has 1 aromatic rings. The van der Waals surface area contributed by atoms with Gasteiger partial charge in [-0.15, -0.1) is 0 Å². The van der Waals surface area contributed by atoms with Gasteiger partial charge in [0.05, 0.1) is 7.47 Å². The fourth-order valence-corrected chi connectivity index (χ4v) is 1.45. The molecule has 0 saturated carbocycles. The largest absolute Gasteiger partial charge is 0.376 e. The minimum Gasteiger partial charge on any atom is -0.376 e. The van der Waals surface area contributed by atoms with E-state index >= 15 is 0 Å². The van der Waals surface area contributed by atoms with Crippen LogP contribution in [0.5, 0.6) is 0 Å². The fourth-order valence-electron chi connectivity index (χ4n) is 1.45. The highest BCUT2D eigenvalue weighted by Crippen LogP contribution is 2.12. The molecule has 0 spiro atoms. The van der Waals surface area contributed by atoms with Gasteiger partial charge in [-0.05, 0) is 25.3 Å². The summed E-state index contributed by atoms with van der Waals surface area (Å²) in [5.74, 6) is 0.515. The topological polar surface area (TPSA) is 47.0 Å². The molecule has 0 bridgehead atoms. The minimum absolute atomic E-state index is 0.268. The van der Waals surface area contributed by atoms with E-state index in [0.717, 1.165) is 31.6 Å². The number of anilines is 1. The van der Waals surface area contributed by atoms with Gasteiger partial charge in [0, 0.05) is 25.5 Å². The van der Waals surface area contributed by atoms with Crippen LogP contribution in [-0.4, -0.2) is 29.2 Å². The van der Waals surface area contributed by atoms with Crippen LogP contribution in [0.3, 0.4) is 0 Å². The number of nitrogens with zero attached hydrogens (tertiary/aromatic N) is 2. The Morgan fingerprint density at radius 2 is 2.64 bits per heavy atom. The summed E-state index contributed by atoms with van der Waals surface area (Å²) in [7, 11) is 0. The van der Waals surface area contributed by atoms with Crippen LogP contribution in [0, 0.1) is 6.92 Å². The summed E-state index contributed by atoms with van der Waals surface area (Å²) in [5, 5.41) is 3.09. The van der Waals surface area contributed by atoms with Crippen molar-refractivity contribution < 1.29 is 6.11 Å². The second-order valence-corrected chi connectivity index (χ2v) is 3.50. The maximum absolute atomic E-state index is 7.53. The lowest BCUT2D eigenvalue weighted by atomic mass is 10.2. The molecular weight excluding hydrogens is 178 g/mol. The molecular formula is C10H15N3O. The van der Waals surface area contributed by atoms with E-state index in [2.05, 4.69) is 15.3 Å². The second kappa shape index (κ2) is 4.37. The third-order valence-electron chi connectivity index (χ3n) is 2.23. The van der Waals surface area contributed by atoms with Crippen LogP contribution >= 0.6 is 0 Å². The number of rotatable bonds is 3. The van der Waals surface area contributed by atoms with Crippen molar-refractivity contribution in [3.8, 4) is 0 Å². The molecule has 0 aromatic carbocycles. The third-order valence-corrected chi connectivity index (χ3v) is 2.23. The van der Waals surface area contributed by atoms with Crippen LogP contribution in [0.25, 0.3) is 0 Å². The number of aromatic nitrogens is 2. The average Bonchev–Trinajstić information content (AvgIpc) is 2.73. The first-order chi connectivity index (χ1) is 7.25. The summed E-state index contributed by atoms with van der Waals surface area (Å²) in [6, 6.07) is 0. The molecule has 2 heterocycles. The van der Waals surface area contributed by atoms with E-state index in [9.17, 15) is 0 Å². The first kappa shape index (κ1) is 8.17. The van der Waals surface area contributed by atoms with E-state index in [1.54, 1.807) is 6.20 Å². The maximum Gasteiger partial charge on any atom is 0.222 e. The predicted octanol–water partition coefficient (Wildman–Crippen LogP) is 1.38. The predicted molar refractivity (Wildman–Crippen MR) is 54.2 cm³/mol. The number of nitrogens with one attached hydrogen (secondary N) is 1. The van der Waals surface area contributed by atoms with E-state index < -0.39 is 0 Å². The van der Waals surface area contributed by atoms with Crippen molar-refractivity contribution in [1.82, 2.24) is 9.97 Å². The molecule has 0 radical (unpaired) electrons. The first-order valence-electron chi connectivity index (χ1n) is 5.41. The second-order valence-electron chi connectivity index (χ2n) is 3.50. The van der Waals surface area contributed by atoms with Gasteiger partial charge in [-0.2, -0.15) is 0 Å². The minimum atomic E-state index is 0.268. The molecule has 1 atom stereocenters. The van der Waals surface area contributed by atoms with Crippen LogP contribution in [-0.2, 0) is 4.74 Å². The summed E-state index contributed by atoms with van der Waals surface area (Å²) < 4.78 is 13.0. The Balaban J connectivity index is 1.90. The highest BCUT2D eigenvalue weighted by Gasteiger charge is 2.14. The van der Waals surface area contributed by atoms with Gasteiger partial charge in [0.25, 0.3) is 0 Å². The van der Waals surface area contributed by atoms with Gasteiger partial charge >= 0.3 is 0 Å². The number of aryl methyl sites for hydroxylation is 1. The van der Waals surface area contributed by atoms with Crippen molar-refractivity contribution in [3.05, 3.63) is 17.9 Å². The molecule has 0 aliphatic carbocycles. The van der Waals surface area contributed by atoms with Crippen LogP contribution < -0.4 is 5.32 Å². The number of hydrogen-bond acceptors (Lipinski definition) is 4. The van der Waals surface area contributed by atoms with E-state index in [1.807, 2.05) is 6.92 Å². The monoisotopic (exact) mass is 194 g/mol. The summed E-state index contributed by atoms with van der Waals surface area (Å²) >= 11 is 0. The Morgan fingerprint density at radius 3 is 3.36 bits per heavy atom. The normalized spacial score (nSPS) is 22.1. The Hall–Kier alpha value is -1.16. The highest BCUT2D eigenvalue weighted by molar-refractivity contribution is 5.24. The summed E-state index contributed by atoms with van der Waals surface area (Å²) in [6.07, 6.45) is 4.42. The lowest BCUT2D eigenvalue weighted by Gasteiger charge is -2.10. The van der Waals surface area contributed by atoms with Gasteiger partial charge in [0.2, 0.25) is 5.95 Å². The quantitative estimate of drug-likeness (QED) is 0.789. The van der Waals surface area contributed by atoms with Gasteiger partial charge < -0.3 is 10.1 Å². The molecule has 2 rings (SSSR count). The van der Waals surface area contributed by atoms with Crippen molar-refractivity contribution in [2.24, 2.45) is 0 Å². The molecule has 1 aromatic heterocycles. The zero-order chi connectivity index (χ0) is 10.7. The SMILES string of the molecule is [2H]c1nc(NCC2CCCO2)ncc1C. The average molecular weight is 194 g/mol. The molecule has 1 aliphatic rings.